The first-order chi connectivity index (χ1) is 9.74. The van der Waals surface area contributed by atoms with E-state index >= 15 is 0 Å². The maximum atomic E-state index is 12.3. The van der Waals surface area contributed by atoms with Gasteiger partial charge in [-0.05, 0) is 58.5 Å². The number of likely N-dealkylation sites (tertiary alicyclic amines) is 1. The van der Waals surface area contributed by atoms with Crippen molar-refractivity contribution in [3.8, 4) is 0 Å². The number of esters is 1. The van der Waals surface area contributed by atoms with Gasteiger partial charge in [-0.2, -0.15) is 0 Å². The fraction of sp³-hybridized carbons (Fsp3) is 0.941. The van der Waals surface area contributed by atoms with Crippen molar-refractivity contribution in [2.75, 3.05) is 26.2 Å². The van der Waals surface area contributed by atoms with E-state index in [1.165, 1.54) is 6.42 Å². The first kappa shape index (κ1) is 18.4. The van der Waals surface area contributed by atoms with Crippen molar-refractivity contribution >= 4 is 5.97 Å². The van der Waals surface area contributed by atoms with Gasteiger partial charge in [0.15, 0.2) is 0 Å². The molecule has 0 spiro atoms. The third kappa shape index (κ3) is 5.26. The van der Waals surface area contributed by atoms with Crippen LogP contribution in [0, 0.1) is 5.41 Å². The van der Waals surface area contributed by atoms with Gasteiger partial charge < -0.3 is 15.0 Å². The van der Waals surface area contributed by atoms with Crippen LogP contribution in [-0.4, -0.2) is 48.7 Å². The van der Waals surface area contributed by atoms with Crippen LogP contribution in [0.2, 0.25) is 0 Å². The lowest BCUT2D eigenvalue weighted by molar-refractivity contribution is -0.151. The van der Waals surface area contributed by atoms with Gasteiger partial charge in [0, 0.05) is 12.6 Å². The van der Waals surface area contributed by atoms with Crippen LogP contribution in [0.15, 0.2) is 0 Å². The first-order valence-corrected chi connectivity index (χ1v) is 8.40. The molecule has 2 unspecified atom stereocenters. The van der Waals surface area contributed by atoms with Crippen LogP contribution >= 0.6 is 0 Å². The number of nitrogens with zero attached hydrogens (tertiary/aromatic N) is 1. The summed E-state index contributed by atoms with van der Waals surface area (Å²) in [5.74, 6) is -0.122. The van der Waals surface area contributed by atoms with Crippen molar-refractivity contribution in [1.82, 2.24) is 10.2 Å². The third-order valence-corrected chi connectivity index (χ3v) is 4.53. The summed E-state index contributed by atoms with van der Waals surface area (Å²) in [6.07, 6.45) is 3.04. The summed E-state index contributed by atoms with van der Waals surface area (Å²) in [6, 6.07) is 0.380. The average Bonchev–Trinajstić information content (AvgIpc) is 2.77. The summed E-state index contributed by atoms with van der Waals surface area (Å²) < 4.78 is 5.29. The van der Waals surface area contributed by atoms with Gasteiger partial charge in [0.1, 0.15) is 5.54 Å². The smallest absolute Gasteiger partial charge is 0.326 e. The molecule has 1 aliphatic heterocycles. The highest BCUT2D eigenvalue weighted by Crippen LogP contribution is 2.32. The van der Waals surface area contributed by atoms with Gasteiger partial charge in [-0.15, -0.1) is 0 Å². The molecule has 0 radical (unpaired) electrons. The summed E-state index contributed by atoms with van der Waals surface area (Å²) in [6.45, 7) is 16.3. The van der Waals surface area contributed by atoms with Crippen molar-refractivity contribution in [3.05, 3.63) is 0 Å². The Kier molecular flexibility index (Phi) is 6.67. The molecule has 0 aromatic carbocycles. The van der Waals surface area contributed by atoms with Crippen molar-refractivity contribution in [1.29, 1.82) is 0 Å². The van der Waals surface area contributed by atoms with Crippen molar-refractivity contribution in [3.63, 3.8) is 0 Å². The Morgan fingerprint density at radius 3 is 2.57 bits per heavy atom. The highest BCUT2D eigenvalue weighted by atomic mass is 16.5. The molecule has 0 amide bonds. The number of rotatable bonds is 8. The Hall–Kier alpha value is -0.610. The van der Waals surface area contributed by atoms with E-state index in [1.807, 2.05) is 13.8 Å². The molecule has 1 fully saturated rings. The van der Waals surface area contributed by atoms with Gasteiger partial charge in [0.05, 0.1) is 6.61 Å². The van der Waals surface area contributed by atoms with Gasteiger partial charge >= 0.3 is 5.97 Å². The van der Waals surface area contributed by atoms with Crippen molar-refractivity contribution in [2.24, 2.45) is 5.41 Å². The fourth-order valence-electron chi connectivity index (χ4n) is 3.17. The molecule has 4 heteroatoms. The molecule has 0 saturated carbocycles. The fourth-order valence-corrected chi connectivity index (χ4v) is 3.17. The molecule has 1 saturated heterocycles. The van der Waals surface area contributed by atoms with E-state index in [1.54, 1.807) is 0 Å². The molecule has 1 heterocycles. The van der Waals surface area contributed by atoms with Gasteiger partial charge in [0.2, 0.25) is 0 Å². The van der Waals surface area contributed by atoms with Crippen LogP contribution in [-0.2, 0) is 9.53 Å². The molecule has 0 bridgehead atoms. The lowest BCUT2D eigenvalue weighted by Crippen LogP contribution is -2.54. The van der Waals surface area contributed by atoms with E-state index in [-0.39, 0.29) is 5.97 Å². The standard InChI is InChI=1S/C17H34N2O2/c1-7-10-18-17(6,15(20)21-8-2)12-14(3)19-11-9-16(4,5)13-19/h14,18H,7-13H2,1-6H3. The minimum Gasteiger partial charge on any atom is -0.465 e. The molecule has 21 heavy (non-hydrogen) atoms. The van der Waals surface area contributed by atoms with E-state index in [9.17, 15) is 4.79 Å². The monoisotopic (exact) mass is 298 g/mol. The zero-order valence-electron chi connectivity index (χ0n) is 14.8. The van der Waals surface area contributed by atoms with E-state index in [0.29, 0.717) is 18.1 Å². The number of carbonyl (C=O) groups excluding carboxylic acids is 1. The highest BCUT2D eigenvalue weighted by Gasteiger charge is 2.39. The van der Waals surface area contributed by atoms with E-state index in [0.717, 1.165) is 32.5 Å². The quantitative estimate of drug-likeness (QED) is 0.700. The van der Waals surface area contributed by atoms with Crippen molar-refractivity contribution < 1.29 is 9.53 Å². The van der Waals surface area contributed by atoms with Crippen LogP contribution in [0.25, 0.3) is 0 Å². The number of carbonyl (C=O) groups is 1. The largest absolute Gasteiger partial charge is 0.465 e. The molecule has 1 aliphatic rings. The molecule has 2 atom stereocenters. The predicted molar refractivity (Wildman–Crippen MR) is 87.4 cm³/mol. The summed E-state index contributed by atoms with van der Waals surface area (Å²) >= 11 is 0. The minimum absolute atomic E-state index is 0.122. The normalized spacial score (nSPS) is 22.8. The lowest BCUT2D eigenvalue weighted by Gasteiger charge is -2.35. The Bertz CT molecular complexity index is 344. The van der Waals surface area contributed by atoms with Gasteiger partial charge in [-0.25, -0.2) is 0 Å². The maximum Gasteiger partial charge on any atom is 0.326 e. The molecular formula is C17H34N2O2. The SMILES string of the molecule is CCCNC(C)(CC(C)N1CCC(C)(C)C1)C(=O)OCC. The zero-order valence-corrected chi connectivity index (χ0v) is 14.8. The summed E-state index contributed by atoms with van der Waals surface area (Å²) in [5, 5.41) is 3.40. The number of hydrogen-bond donors (Lipinski definition) is 1. The minimum atomic E-state index is -0.585. The second kappa shape index (κ2) is 7.59. The van der Waals surface area contributed by atoms with Gasteiger partial charge in [-0.3, -0.25) is 4.79 Å². The Morgan fingerprint density at radius 1 is 1.43 bits per heavy atom. The summed E-state index contributed by atoms with van der Waals surface area (Å²) in [5.41, 5.74) is -0.191. The maximum absolute atomic E-state index is 12.3. The van der Waals surface area contributed by atoms with Crippen LogP contribution in [0.4, 0.5) is 0 Å². The number of hydrogen-bond acceptors (Lipinski definition) is 4. The number of nitrogens with one attached hydrogen (secondary N) is 1. The van der Waals surface area contributed by atoms with Crippen LogP contribution < -0.4 is 5.32 Å². The van der Waals surface area contributed by atoms with Gasteiger partial charge in [0.25, 0.3) is 0 Å². The molecule has 0 aromatic rings. The summed E-state index contributed by atoms with van der Waals surface area (Å²) in [7, 11) is 0. The molecule has 0 aromatic heterocycles. The lowest BCUT2D eigenvalue weighted by atomic mass is 9.91. The highest BCUT2D eigenvalue weighted by molar-refractivity contribution is 5.80. The van der Waals surface area contributed by atoms with Crippen LogP contribution in [0.5, 0.6) is 0 Å². The molecule has 0 aliphatic carbocycles. The average molecular weight is 298 g/mol. The molecule has 4 nitrogen and oxygen atoms in total. The molecular weight excluding hydrogens is 264 g/mol. The Morgan fingerprint density at radius 2 is 2.10 bits per heavy atom. The van der Waals surface area contributed by atoms with Crippen LogP contribution in [0.1, 0.15) is 60.8 Å². The van der Waals surface area contributed by atoms with E-state index in [4.69, 9.17) is 4.74 Å². The number of ether oxygens (including phenoxy) is 1. The second-order valence-electron chi connectivity index (χ2n) is 7.42. The van der Waals surface area contributed by atoms with Crippen LogP contribution in [0.3, 0.4) is 0 Å². The zero-order chi connectivity index (χ0) is 16.1. The molecule has 124 valence electrons. The van der Waals surface area contributed by atoms with E-state index < -0.39 is 5.54 Å². The first-order valence-electron chi connectivity index (χ1n) is 8.40. The topological polar surface area (TPSA) is 41.6 Å². The second-order valence-corrected chi connectivity index (χ2v) is 7.42. The van der Waals surface area contributed by atoms with E-state index in [2.05, 4.69) is 37.9 Å². The van der Waals surface area contributed by atoms with Crippen molar-refractivity contribution in [2.45, 2.75) is 72.4 Å². The third-order valence-electron chi connectivity index (χ3n) is 4.53. The molecule has 1 rings (SSSR count). The Balaban J connectivity index is 2.69. The predicted octanol–water partition coefficient (Wildman–Crippen LogP) is 2.82. The molecule has 1 N–H and O–H groups in total. The Labute approximate surface area is 130 Å². The summed E-state index contributed by atoms with van der Waals surface area (Å²) in [4.78, 5) is 14.9. The van der Waals surface area contributed by atoms with Gasteiger partial charge in [-0.1, -0.05) is 20.8 Å².